The summed E-state index contributed by atoms with van der Waals surface area (Å²) in [6, 6.07) is 10.8. The monoisotopic (exact) mass is 363 g/mol. The van der Waals surface area contributed by atoms with Gasteiger partial charge in [0.15, 0.2) is 0 Å². The first-order valence-corrected chi connectivity index (χ1v) is 8.58. The van der Waals surface area contributed by atoms with Crippen LogP contribution in [0.5, 0.6) is 0 Å². The summed E-state index contributed by atoms with van der Waals surface area (Å²) in [4.78, 5) is 35.6. The highest BCUT2D eigenvalue weighted by molar-refractivity contribution is 6.01. The number of hydrogen-bond acceptors (Lipinski definition) is 5. The molecule has 0 fully saturated rings. The second kappa shape index (κ2) is 6.99. The van der Waals surface area contributed by atoms with E-state index in [0.717, 1.165) is 22.4 Å². The highest BCUT2D eigenvalue weighted by atomic mass is 16.4. The molecular weight excluding hydrogens is 346 g/mol. The van der Waals surface area contributed by atoms with Crippen LogP contribution in [0.15, 0.2) is 53.9 Å². The van der Waals surface area contributed by atoms with Gasteiger partial charge >= 0.3 is 5.97 Å². The van der Waals surface area contributed by atoms with Crippen LogP contribution in [0.3, 0.4) is 0 Å². The Morgan fingerprint density at radius 3 is 2.70 bits per heavy atom. The third kappa shape index (κ3) is 3.41. The number of nitrogens with zero attached hydrogens (tertiary/aromatic N) is 4. The van der Waals surface area contributed by atoms with E-state index in [1.54, 1.807) is 12.4 Å². The minimum atomic E-state index is -1.02. The summed E-state index contributed by atoms with van der Waals surface area (Å²) < 4.78 is 0. The Bertz CT molecular complexity index is 1030. The summed E-state index contributed by atoms with van der Waals surface area (Å²) in [5, 5.41) is 14.7. The Morgan fingerprint density at radius 1 is 1.15 bits per heavy atom. The number of carboxylic acids is 1. The highest BCUT2D eigenvalue weighted by Crippen LogP contribution is 2.32. The zero-order chi connectivity index (χ0) is 18.8. The molecule has 2 aromatic heterocycles. The Kier molecular flexibility index (Phi) is 4.37. The molecule has 1 atom stereocenters. The number of fused-ring (bicyclic) bond motifs is 1. The summed E-state index contributed by atoms with van der Waals surface area (Å²) in [5.74, 6) is -1.36. The predicted octanol–water partition coefficient (Wildman–Crippen LogP) is 2.50. The van der Waals surface area contributed by atoms with E-state index < -0.39 is 12.0 Å². The number of aliphatic carboxylic acids is 1. The van der Waals surface area contributed by atoms with Gasteiger partial charge in [-0.25, -0.2) is 9.99 Å². The molecule has 3 heterocycles. The number of benzene rings is 1. The van der Waals surface area contributed by atoms with Crippen molar-refractivity contribution in [3.8, 4) is 0 Å². The lowest BCUT2D eigenvalue weighted by atomic mass is 10.1. The van der Waals surface area contributed by atoms with E-state index in [2.05, 4.69) is 20.1 Å². The summed E-state index contributed by atoms with van der Waals surface area (Å²) in [6.45, 7) is 0. The molecule has 4 rings (SSSR count). The maximum Gasteiger partial charge on any atom is 0.303 e. The van der Waals surface area contributed by atoms with Crippen LogP contribution >= 0.6 is 0 Å². The number of H-pyrrole nitrogens is 1. The van der Waals surface area contributed by atoms with Crippen LogP contribution in [0.25, 0.3) is 11.0 Å². The average Bonchev–Trinajstić information content (AvgIpc) is 3.35. The Hall–Kier alpha value is -3.55. The van der Waals surface area contributed by atoms with Crippen molar-refractivity contribution in [2.24, 2.45) is 5.10 Å². The molecule has 0 bridgehead atoms. The molecule has 1 aliphatic heterocycles. The fourth-order valence-corrected chi connectivity index (χ4v) is 3.10. The molecule has 0 saturated carbocycles. The van der Waals surface area contributed by atoms with Crippen molar-refractivity contribution in [3.05, 3.63) is 60.2 Å². The summed E-state index contributed by atoms with van der Waals surface area (Å²) in [6.07, 6.45) is 3.56. The molecule has 0 radical (unpaired) electrons. The molecule has 1 aliphatic rings. The summed E-state index contributed by atoms with van der Waals surface area (Å²) in [7, 11) is 0. The first-order chi connectivity index (χ1) is 13.1. The number of aromatic nitrogens is 3. The molecule has 2 N–H and O–H groups in total. The van der Waals surface area contributed by atoms with E-state index in [0.29, 0.717) is 12.1 Å². The van der Waals surface area contributed by atoms with Crippen LogP contribution < -0.4 is 0 Å². The van der Waals surface area contributed by atoms with Gasteiger partial charge in [-0.1, -0.05) is 12.1 Å². The standard InChI is InChI=1S/C19H17N5O3/c25-18(7-8-19(26)27)24-17(10-15(23-24)13-6-3-9-20-13)16-11-21-12-4-1-2-5-14(12)22-16/h1-6,9,11,17,20H,7-8,10H2,(H,26,27)/t17-/m0/s1. The number of carbonyl (C=O) groups is 2. The Balaban J connectivity index is 1.67. The van der Waals surface area contributed by atoms with E-state index in [9.17, 15) is 9.59 Å². The van der Waals surface area contributed by atoms with E-state index in [1.165, 1.54) is 5.01 Å². The fourth-order valence-electron chi connectivity index (χ4n) is 3.10. The summed E-state index contributed by atoms with van der Waals surface area (Å²) in [5.41, 5.74) is 3.68. The minimum absolute atomic E-state index is 0.117. The van der Waals surface area contributed by atoms with Gasteiger partial charge in [0.2, 0.25) is 5.91 Å². The molecule has 8 nitrogen and oxygen atoms in total. The smallest absolute Gasteiger partial charge is 0.303 e. The fraction of sp³-hybridized carbons (Fsp3) is 0.211. The number of carbonyl (C=O) groups excluding carboxylic acids is 1. The average molecular weight is 363 g/mol. The maximum atomic E-state index is 12.6. The van der Waals surface area contributed by atoms with Crippen LogP contribution in [-0.2, 0) is 9.59 Å². The molecule has 0 saturated heterocycles. The van der Waals surface area contributed by atoms with Crippen LogP contribution in [-0.4, -0.2) is 42.7 Å². The van der Waals surface area contributed by atoms with Crippen molar-refractivity contribution in [1.82, 2.24) is 20.0 Å². The Labute approximate surface area is 154 Å². The minimum Gasteiger partial charge on any atom is -0.481 e. The summed E-state index contributed by atoms with van der Waals surface area (Å²) >= 11 is 0. The first kappa shape index (κ1) is 16.9. The number of hydrazone groups is 1. The molecular formula is C19H17N5O3. The van der Waals surface area contributed by atoms with Crippen molar-refractivity contribution >= 4 is 28.6 Å². The number of nitrogens with one attached hydrogen (secondary N) is 1. The molecule has 0 spiro atoms. The lowest BCUT2D eigenvalue weighted by molar-refractivity contribution is -0.141. The third-order valence-electron chi connectivity index (χ3n) is 4.44. The quantitative estimate of drug-likeness (QED) is 0.723. The third-order valence-corrected chi connectivity index (χ3v) is 4.44. The second-order valence-corrected chi connectivity index (χ2v) is 6.27. The van der Waals surface area contributed by atoms with Crippen LogP contribution in [0.2, 0.25) is 0 Å². The lowest BCUT2D eigenvalue weighted by Crippen LogP contribution is -2.28. The van der Waals surface area contributed by atoms with Gasteiger partial charge in [-0.2, -0.15) is 5.10 Å². The predicted molar refractivity (Wildman–Crippen MR) is 97.9 cm³/mol. The first-order valence-electron chi connectivity index (χ1n) is 8.58. The van der Waals surface area contributed by atoms with Gasteiger partial charge in [0.25, 0.3) is 0 Å². The number of carboxylic acid groups (broad SMARTS) is 1. The maximum absolute atomic E-state index is 12.6. The van der Waals surface area contributed by atoms with Crippen molar-refractivity contribution in [2.45, 2.75) is 25.3 Å². The number of amides is 1. The second-order valence-electron chi connectivity index (χ2n) is 6.27. The van der Waals surface area contributed by atoms with E-state index >= 15 is 0 Å². The normalized spacial score (nSPS) is 16.5. The molecule has 0 unspecified atom stereocenters. The van der Waals surface area contributed by atoms with Crippen LogP contribution in [0.4, 0.5) is 0 Å². The van der Waals surface area contributed by atoms with E-state index in [-0.39, 0.29) is 18.7 Å². The molecule has 1 aromatic carbocycles. The molecule has 136 valence electrons. The molecule has 8 heteroatoms. The van der Waals surface area contributed by atoms with Crippen LogP contribution in [0.1, 0.15) is 36.7 Å². The zero-order valence-corrected chi connectivity index (χ0v) is 14.4. The number of hydrogen-bond donors (Lipinski definition) is 2. The molecule has 3 aromatic rings. The van der Waals surface area contributed by atoms with Crippen LogP contribution in [0, 0.1) is 0 Å². The number of aromatic amines is 1. The van der Waals surface area contributed by atoms with Crippen molar-refractivity contribution in [3.63, 3.8) is 0 Å². The topological polar surface area (TPSA) is 112 Å². The zero-order valence-electron chi connectivity index (χ0n) is 14.4. The van der Waals surface area contributed by atoms with Gasteiger partial charge in [0, 0.05) is 19.0 Å². The highest BCUT2D eigenvalue weighted by Gasteiger charge is 2.34. The van der Waals surface area contributed by atoms with Gasteiger partial charge < -0.3 is 10.1 Å². The van der Waals surface area contributed by atoms with Gasteiger partial charge in [0.05, 0.1) is 40.8 Å². The van der Waals surface area contributed by atoms with Gasteiger partial charge in [-0.3, -0.25) is 14.6 Å². The van der Waals surface area contributed by atoms with Crippen molar-refractivity contribution in [1.29, 1.82) is 0 Å². The van der Waals surface area contributed by atoms with Gasteiger partial charge in [0.1, 0.15) is 6.04 Å². The lowest BCUT2D eigenvalue weighted by Gasteiger charge is -2.21. The van der Waals surface area contributed by atoms with Gasteiger partial charge in [-0.15, -0.1) is 0 Å². The van der Waals surface area contributed by atoms with Gasteiger partial charge in [-0.05, 0) is 24.3 Å². The van der Waals surface area contributed by atoms with E-state index in [4.69, 9.17) is 5.11 Å². The molecule has 27 heavy (non-hydrogen) atoms. The molecule has 1 amide bonds. The number of rotatable bonds is 5. The SMILES string of the molecule is O=C(O)CCC(=O)N1N=C(c2ccc[nH]2)C[C@H]1c1cnc2ccccc2n1. The van der Waals surface area contributed by atoms with Crippen molar-refractivity contribution in [2.75, 3.05) is 0 Å². The van der Waals surface area contributed by atoms with Crippen molar-refractivity contribution < 1.29 is 14.7 Å². The van der Waals surface area contributed by atoms with E-state index in [1.807, 2.05) is 36.4 Å². The largest absolute Gasteiger partial charge is 0.481 e. The number of para-hydroxylation sites is 2. The Morgan fingerprint density at radius 2 is 1.96 bits per heavy atom. The molecule has 0 aliphatic carbocycles.